The molecule has 3 heterocycles. The fourth-order valence-corrected chi connectivity index (χ4v) is 5.63. The molecule has 13 nitrogen and oxygen atoms in total. The van der Waals surface area contributed by atoms with Gasteiger partial charge in [-0.2, -0.15) is 0 Å². The third-order valence-corrected chi connectivity index (χ3v) is 8.39. The maximum atomic E-state index is 13.8. The Balaban J connectivity index is 1.83. The summed E-state index contributed by atoms with van der Waals surface area (Å²) >= 11 is 0. The van der Waals surface area contributed by atoms with Crippen LogP contribution in [0.3, 0.4) is 0 Å². The molecule has 1 N–H and O–H groups in total. The molecule has 0 amide bonds. The van der Waals surface area contributed by atoms with Crippen molar-refractivity contribution >= 4 is 9.84 Å². The zero-order chi connectivity index (χ0) is 31.4. The largest absolute Gasteiger partial charge is 0.494 e. The molecular formula is C28H33FN6O7S. The number of hydrogen-bond donors (Lipinski definition) is 1. The number of halogens is 1. The average molecular weight is 617 g/mol. The Hall–Kier alpha value is -4.21. The highest BCUT2D eigenvalue weighted by molar-refractivity contribution is 7.91. The summed E-state index contributed by atoms with van der Waals surface area (Å²) in [4.78, 5) is 12.3. The van der Waals surface area contributed by atoms with Gasteiger partial charge >= 0.3 is 0 Å². The summed E-state index contributed by atoms with van der Waals surface area (Å²) < 4.78 is 64.8. The topological polar surface area (TPSA) is 161 Å². The van der Waals surface area contributed by atoms with Gasteiger partial charge in [0.15, 0.2) is 33.1 Å². The van der Waals surface area contributed by atoms with Crippen molar-refractivity contribution in [2.24, 2.45) is 0 Å². The highest BCUT2D eigenvalue weighted by Gasteiger charge is 2.35. The normalized spacial score (nSPS) is 13.4. The summed E-state index contributed by atoms with van der Waals surface area (Å²) in [5.41, 5.74) is -0.445. The Morgan fingerprint density at radius 1 is 1.00 bits per heavy atom. The van der Waals surface area contributed by atoms with Crippen LogP contribution in [0.2, 0.25) is 0 Å². The molecule has 0 saturated carbocycles. The Morgan fingerprint density at radius 3 is 2.21 bits per heavy atom. The molecule has 0 spiro atoms. The Morgan fingerprint density at radius 2 is 1.63 bits per heavy atom. The maximum Gasteiger partial charge on any atom is 0.213 e. The quantitative estimate of drug-likeness (QED) is 0.234. The minimum Gasteiger partial charge on any atom is -0.494 e. The predicted octanol–water partition coefficient (Wildman–Crippen LogP) is 3.12. The molecule has 0 aliphatic heterocycles. The first-order chi connectivity index (χ1) is 20.4. The lowest BCUT2D eigenvalue weighted by Gasteiger charge is -2.22. The van der Waals surface area contributed by atoms with Gasteiger partial charge in [0, 0.05) is 13.2 Å². The van der Waals surface area contributed by atoms with E-state index in [-0.39, 0.29) is 30.0 Å². The third kappa shape index (κ3) is 7.24. The molecule has 4 aromatic rings. The van der Waals surface area contributed by atoms with E-state index in [0.717, 1.165) is 12.4 Å². The minimum atomic E-state index is -4.03. The predicted molar refractivity (Wildman–Crippen MR) is 153 cm³/mol. The molecule has 0 saturated heterocycles. The van der Waals surface area contributed by atoms with Gasteiger partial charge < -0.3 is 24.1 Å². The van der Waals surface area contributed by atoms with Crippen molar-refractivity contribution in [2.75, 3.05) is 27.9 Å². The maximum absolute atomic E-state index is 13.8. The summed E-state index contributed by atoms with van der Waals surface area (Å²) in [6, 6.07) is 10.1. The number of hydrogen-bond acceptors (Lipinski definition) is 12. The van der Waals surface area contributed by atoms with Crippen molar-refractivity contribution in [2.45, 2.75) is 43.5 Å². The van der Waals surface area contributed by atoms with E-state index < -0.39 is 38.4 Å². The lowest BCUT2D eigenvalue weighted by atomic mass is 10.2. The summed E-state index contributed by atoms with van der Waals surface area (Å²) in [6.45, 7) is 4.64. The lowest BCUT2D eigenvalue weighted by Crippen LogP contribution is -2.30. The Bertz CT molecular complexity index is 1640. The molecule has 0 aliphatic carbocycles. The first kappa shape index (κ1) is 31.7. The van der Waals surface area contributed by atoms with E-state index in [0.29, 0.717) is 22.9 Å². The summed E-state index contributed by atoms with van der Waals surface area (Å²) in [6.07, 6.45) is 0.793. The number of benzene rings is 1. The van der Waals surface area contributed by atoms with Crippen molar-refractivity contribution in [3.05, 3.63) is 66.3 Å². The monoisotopic (exact) mass is 616 g/mol. The molecular weight excluding hydrogens is 583 g/mol. The van der Waals surface area contributed by atoms with Gasteiger partial charge in [0.05, 0.1) is 37.5 Å². The first-order valence-corrected chi connectivity index (χ1v) is 14.8. The molecule has 3 aromatic heterocycles. The molecule has 1 aromatic carbocycles. The molecule has 2 atom stereocenters. The third-order valence-electron chi connectivity index (χ3n) is 6.35. The van der Waals surface area contributed by atoms with Crippen LogP contribution in [0.4, 0.5) is 4.39 Å². The highest BCUT2D eigenvalue weighted by atomic mass is 32.2. The van der Waals surface area contributed by atoms with Gasteiger partial charge in [0.1, 0.15) is 41.3 Å². The number of nitrogens with zero attached hydrogens (tertiary/aromatic N) is 6. The number of aliphatic hydroxyl groups is 1. The van der Waals surface area contributed by atoms with Crippen LogP contribution in [0, 0.1) is 5.82 Å². The van der Waals surface area contributed by atoms with Crippen molar-refractivity contribution in [1.82, 2.24) is 29.7 Å². The number of aromatic nitrogens is 6. The van der Waals surface area contributed by atoms with Gasteiger partial charge in [-0.1, -0.05) is 12.1 Å². The second-order valence-corrected chi connectivity index (χ2v) is 12.5. The molecule has 4 rings (SSSR count). The molecule has 43 heavy (non-hydrogen) atoms. The molecule has 0 aliphatic rings. The fourth-order valence-electron chi connectivity index (χ4n) is 4.21. The van der Waals surface area contributed by atoms with Gasteiger partial charge in [0.25, 0.3) is 0 Å². The molecule has 15 heteroatoms. The van der Waals surface area contributed by atoms with Gasteiger partial charge in [-0.15, -0.1) is 10.2 Å². The number of rotatable bonds is 13. The van der Waals surface area contributed by atoms with Gasteiger partial charge in [-0.3, -0.25) is 4.57 Å². The first-order valence-electron chi connectivity index (χ1n) is 13.1. The van der Waals surface area contributed by atoms with Crippen molar-refractivity contribution in [3.8, 4) is 34.6 Å². The van der Waals surface area contributed by atoms with Gasteiger partial charge in [-0.05, 0) is 39.0 Å². The second-order valence-electron chi connectivity index (χ2n) is 10.2. The zero-order valence-electron chi connectivity index (χ0n) is 24.6. The molecule has 0 fully saturated rings. The van der Waals surface area contributed by atoms with Crippen molar-refractivity contribution in [1.29, 1.82) is 0 Å². The van der Waals surface area contributed by atoms with E-state index in [4.69, 9.17) is 18.9 Å². The van der Waals surface area contributed by atoms with Gasteiger partial charge in [-0.25, -0.2) is 27.8 Å². The molecule has 0 bridgehead atoms. The van der Waals surface area contributed by atoms with Gasteiger partial charge in [0.2, 0.25) is 5.88 Å². The number of methoxy groups -OCH3 is 3. The Kier molecular flexibility index (Phi) is 9.57. The average Bonchev–Trinajstić information content (AvgIpc) is 3.38. The smallest absolute Gasteiger partial charge is 0.213 e. The van der Waals surface area contributed by atoms with E-state index in [1.807, 2.05) is 0 Å². The van der Waals surface area contributed by atoms with Crippen molar-refractivity contribution < 1.29 is 36.9 Å². The minimum absolute atomic E-state index is 0.0144. The summed E-state index contributed by atoms with van der Waals surface area (Å²) in [5.74, 6) is -0.0932. The van der Waals surface area contributed by atoms with Crippen LogP contribution in [0.1, 0.15) is 38.5 Å². The van der Waals surface area contributed by atoms with Crippen LogP contribution in [0.25, 0.3) is 17.2 Å². The van der Waals surface area contributed by atoms with Crippen LogP contribution < -0.4 is 14.2 Å². The van der Waals surface area contributed by atoms with E-state index in [9.17, 15) is 17.9 Å². The Labute approximate surface area is 248 Å². The number of para-hydroxylation sites is 1. The highest BCUT2D eigenvalue weighted by Crippen LogP contribution is 2.37. The van der Waals surface area contributed by atoms with Crippen molar-refractivity contribution in [3.63, 3.8) is 0 Å². The number of sulfone groups is 1. The summed E-state index contributed by atoms with van der Waals surface area (Å²) in [7, 11) is 0.227. The van der Waals surface area contributed by atoms with Crippen LogP contribution in [0.15, 0.2) is 48.8 Å². The molecule has 0 unspecified atom stereocenters. The van der Waals surface area contributed by atoms with E-state index in [1.165, 1.54) is 32.8 Å². The van der Waals surface area contributed by atoms with Crippen LogP contribution in [0.5, 0.6) is 17.4 Å². The van der Waals surface area contributed by atoms with Crippen LogP contribution in [-0.2, 0) is 20.3 Å². The second kappa shape index (κ2) is 13.0. The summed E-state index contributed by atoms with van der Waals surface area (Å²) in [5, 5.41) is 17.5. The standard InChI is InChI=1S/C28H33FN6O7S/c1-17(25(41-6)26-30-13-18(29)14-31-26)43(37,38)15-22-33-34-27(19-9-7-12-23(32-19)42-16-28(2,3)36)35(22)24-20(39-4)10-8-11-21(24)40-5/h7-14,17,25,36H,15-16H2,1-6H3/t17-,25-/m0/s1. The van der Waals surface area contributed by atoms with E-state index in [2.05, 4.69) is 25.1 Å². The zero-order valence-corrected chi connectivity index (χ0v) is 25.4. The molecule has 0 radical (unpaired) electrons. The molecule has 230 valence electrons. The fraction of sp³-hybridized carbons (Fsp3) is 0.393. The number of pyridine rings is 1. The van der Waals surface area contributed by atoms with Crippen LogP contribution in [-0.4, -0.2) is 82.0 Å². The SMILES string of the molecule is COc1cccc(OC)c1-n1c(CS(=O)(=O)[C@@H](C)[C@H](OC)c2ncc(F)cn2)nnc1-c1cccc(OCC(C)(C)O)n1. The van der Waals surface area contributed by atoms with E-state index in [1.54, 1.807) is 50.2 Å². The number of ether oxygens (including phenoxy) is 4. The van der Waals surface area contributed by atoms with E-state index >= 15 is 0 Å². The van der Waals surface area contributed by atoms with Crippen LogP contribution >= 0.6 is 0 Å². The lowest BCUT2D eigenvalue weighted by molar-refractivity contribution is 0.0269.